The van der Waals surface area contributed by atoms with Crippen LogP contribution in [-0.2, 0) is 0 Å². The normalized spacial score (nSPS) is 21.5. The Balaban J connectivity index is 2.08. The molecule has 0 radical (unpaired) electrons. The molecule has 1 N–H and O–H groups in total. The Morgan fingerprint density at radius 2 is 1.63 bits per heavy atom. The number of hydrogen-bond donors (Lipinski definition) is 1. The van der Waals surface area contributed by atoms with E-state index in [1.807, 2.05) is 0 Å². The summed E-state index contributed by atoms with van der Waals surface area (Å²) < 4.78 is 0. The Morgan fingerprint density at radius 1 is 1.00 bits per heavy atom. The molecule has 3 rings (SSSR count). The standard InChI is InChI=1S/C24H39NSi2/c1-24(2,3)21-17-18-22(23(21)26(4)5)27(6,20-15-11-8-12-16-20)25-19-13-9-7-10-14-19/h8,11-12,15-17,19,25-26H,7,9-10,13-14,18H2,1-6H3. The molecule has 0 aliphatic heterocycles. The lowest BCUT2D eigenvalue weighted by atomic mass is 9.87. The van der Waals surface area contributed by atoms with Crippen LogP contribution >= 0.6 is 0 Å². The number of nitrogens with one attached hydrogen (secondary N) is 1. The lowest BCUT2D eigenvalue weighted by molar-refractivity contribution is 0.415. The monoisotopic (exact) mass is 397 g/mol. The Labute approximate surface area is 170 Å². The summed E-state index contributed by atoms with van der Waals surface area (Å²) in [5, 5.41) is 5.16. The van der Waals surface area contributed by atoms with Crippen LogP contribution < -0.4 is 10.2 Å². The quantitative estimate of drug-likeness (QED) is 0.635. The van der Waals surface area contributed by atoms with Crippen LogP contribution in [0.5, 0.6) is 0 Å². The fraction of sp³-hybridized carbons (Fsp3) is 0.583. The fourth-order valence-corrected chi connectivity index (χ4v) is 12.8. The van der Waals surface area contributed by atoms with E-state index in [0.717, 1.165) is 0 Å². The van der Waals surface area contributed by atoms with Crippen LogP contribution in [0.25, 0.3) is 0 Å². The Morgan fingerprint density at radius 3 is 2.19 bits per heavy atom. The summed E-state index contributed by atoms with van der Waals surface area (Å²) in [7, 11) is -2.83. The molecule has 1 saturated carbocycles. The maximum absolute atomic E-state index is 4.32. The van der Waals surface area contributed by atoms with Crippen LogP contribution in [0.15, 0.2) is 52.4 Å². The average Bonchev–Trinajstić information content (AvgIpc) is 3.10. The van der Waals surface area contributed by atoms with Crippen molar-refractivity contribution in [1.29, 1.82) is 0 Å². The third kappa shape index (κ3) is 4.41. The van der Waals surface area contributed by atoms with E-state index in [9.17, 15) is 0 Å². The highest BCUT2D eigenvalue weighted by atomic mass is 28.3. The molecule has 1 aromatic carbocycles. The Hall–Kier alpha value is -0.906. The van der Waals surface area contributed by atoms with E-state index in [0.29, 0.717) is 6.04 Å². The molecule has 1 unspecified atom stereocenters. The molecule has 0 heterocycles. The molecule has 1 atom stereocenters. The van der Waals surface area contributed by atoms with E-state index in [4.69, 9.17) is 0 Å². The maximum atomic E-state index is 4.32. The van der Waals surface area contributed by atoms with Crippen LogP contribution in [0, 0.1) is 5.41 Å². The predicted octanol–water partition coefficient (Wildman–Crippen LogP) is 5.63. The molecule has 27 heavy (non-hydrogen) atoms. The number of benzene rings is 1. The van der Waals surface area contributed by atoms with Gasteiger partial charge < -0.3 is 4.98 Å². The zero-order valence-corrected chi connectivity index (χ0v) is 20.5. The van der Waals surface area contributed by atoms with E-state index in [-0.39, 0.29) is 5.41 Å². The van der Waals surface area contributed by atoms with Gasteiger partial charge in [0.25, 0.3) is 0 Å². The summed E-state index contributed by atoms with van der Waals surface area (Å²) in [5.74, 6) is 0. The minimum Gasteiger partial charge on any atom is -0.328 e. The van der Waals surface area contributed by atoms with Gasteiger partial charge in [-0.3, -0.25) is 0 Å². The number of hydrogen-bond acceptors (Lipinski definition) is 1. The average molecular weight is 398 g/mol. The summed E-state index contributed by atoms with van der Waals surface area (Å²) in [6.45, 7) is 14.8. The zero-order chi connectivity index (χ0) is 19.7. The van der Waals surface area contributed by atoms with E-state index in [2.05, 4.69) is 81.8 Å². The van der Waals surface area contributed by atoms with E-state index >= 15 is 0 Å². The van der Waals surface area contributed by atoms with Crippen molar-refractivity contribution in [3.05, 3.63) is 52.4 Å². The Bertz CT molecular complexity index is 706. The van der Waals surface area contributed by atoms with Crippen molar-refractivity contribution in [2.24, 2.45) is 5.41 Å². The third-order valence-electron chi connectivity index (χ3n) is 6.56. The van der Waals surface area contributed by atoms with Gasteiger partial charge in [0.05, 0.1) is 8.80 Å². The molecule has 2 aliphatic carbocycles. The molecule has 1 nitrogen and oxygen atoms in total. The molecule has 1 aromatic rings. The first-order valence-electron chi connectivity index (χ1n) is 11.0. The number of allylic oxidation sites excluding steroid dienone is 4. The van der Waals surface area contributed by atoms with E-state index in [1.54, 1.807) is 21.2 Å². The summed E-state index contributed by atoms with van der Waals surface area (Å²) in [6.07, 6.45) is 10.7. The van der Waals surface area contributed by atoms with Crippen molar-refractivity contribution in [2.75, 3.05) is 0 Å². The molecule has 0 amide bonds. The molecule has 0 spiro atoms. The lowest BCUT2D eigenvalue weighted by Gasteiger charge is -2.38. The topological polar surface area (TPSA) is 12.0 Å². The second kappa shape index (κ2) is 8.22. The second-order valence-corrected chi connectivity index (χ2v) is 16.7. The van der Waals surface area contributed by atoms with Crippen molar-refractivity contribution >= 4 is 22.2 Å². The van der Waals surface area contributed by atoms with Gasteiger partial charge in [-0.2, -0.15) is 0 Å². The van der Waals surface area contributed by atoms with Gasteiger partial charge in [0, 0.05) is 6.04 Å². The molecule has 0 saturated heterocycles. The van der Waals surface area contributed by atoms with Crippen LogP contribution in [0.3, 0.4) is 0 Å². The summed E-state index contributed by atoms with van der Waals surface area (Å²) in [6, 6.07) is 12.1. The van der Waals surface area contributed by atoms with Gasteiger partial charge in [0.15, 0.2) is 8.24 Å². The van der Waals surface area contributed by atoms with Gasteiger partial charge in [0.1, 0.15) is 0 Å². The first kappa shape index (κ1) is 20.8. The van der Waals surface area contributed by atoms with E-state index < -0.39 is 17.0 Å². The molecular weight excluding hydrogens is 358 g/mol. The van der Waals surface area contributed by atoms with E-state index in [1.165, 1.54) is 38.5 Å². The largest absolute Gasteiger partial charge is 0.328 e. The summed E-state index contributed by atoms with van der Waals surface area (Å²) >= 11 is 0. The van der Waals surface area contributed by atoms with Crippen LogP contribution in [0.4, 0.5) is 0 Å². The summed E-state index contributed by atoms with van der Waals surface area (Å²) in [5.41, 5.74) is 1.91. The second-order valence-electron chi connectivity index (χ2n) is 10.1. The highest BCUT2D eigenvalue weighted by molar-refractivity contribution is 6.96. The lowest BCUT2D eigenvalue weighted by Crippen LogP contribution is -2.63. The number of rotatable bonds is 5. The third-order valence-corrected chi connectivity index (χ3v) is 12.8. The highest BCUT2D eigenvalue weighted by Gasteiger charge is 2.42. The van der Waals surface area contributed by atoms with Gasteiger partial charge in [0.2, 0.25) is 0 Å². The zero-order valence-electron chi connectivity index (χ0n) is 18.4. The van der Waals surface area contributed by atoms with Gasteiger partial charge in [-0.05, 0) is 42.0 Å². The van der Waals surface area contributed by atoms with Crippen LogP contribution in [0.2, 0.25) is 19.6 Å². The first-order valence-corrected chi connectivity index (χ1v) is 16.4. The minimum absolute atomic E-state index is 0.255. The van der Waals surface area contributed by atoms with Crippen molar-refractivity contribution in [3.63, 3.8) is 0 Å². The molecule has 2 aliphatic rings. The van der Waals surface area contributed by atoms with Gasteiger partial charge in [-0.15, -0.1) is 0 Å². The van der Waals surface area contributed by atoms with Gasteiger partial charge in [-0.1, -0.05) is 99.9 Å². The summed E-state index contributed by atoms with van der Waals surface area (Å²) in [4.78, 5) is 4.32. The predicted molar refractivity (Wildman–Crippen MR) is 126 cm³/mol. The van der Waals surface area contributed by atoms with Crippen molar-refractivity contribution in [2.45, 2.75) is 85.0 Å². The molecule has 0 aromatic heterocycles. The van der Waals surface area contributed by atoms with Crippen molar-refractivity contribution in [3.8, 4) is 0 Å². The van der Waals surface area contributed by atoms with Gasteiger partial charge in [-0.25, -0.2) is 0 Å². The highest BCUT2D eigenvalue weighted by Crippen LogP contribution is 2.42. The molecule has 3 heteroatoms. The first-order chi connectivity index (χ1) is 12.7. The SMILES string of the molecule is C[SiH](C)C1=C([Si](C)(NC2CCCCC2)c2ccccc2)CC=C1C(C)(C)C. The molecule has 0 bridgehead atoms. The Kier molecular flexibility index (Phi) is 6.34. The molecule has 1 fully saturated rings. The smallest absolute Gasteiger partial charge is 0.183 e. The molecular formula is C24H39NSi2. The van der Waals surface area contributed by atoms with Crippen LogP contribution in [0.1, 0.15) is 59.3 Å². The van der Waals surface area contributed by atoms with Crippen LogP contribution in [-0.4, -0.2) is 23.1 Å². The van der Waals surface area contributed by atoms with Crippen molar-refractivity contribution in [1.82, 2.24) is 4.98 Å². The minimum atomic E-state index is -1.91. The maximum Gasteiger partial charge on any atom is 0.183 e. The van der Waals surface area contributed by atoms with Crippen molar-refractivity contribution < 1.29 is 0 Å². The molecule has 148 valence electrons. The fourth-order valence-electron chi connectivity index (χ4n) is 5.20. The van der Waals surface area contributed by atoms with Gasteiger partial charge >= 0.3 is 0 Å².